The zero-order valence-electron chi connectivity index (χ0n) is 10.7. The number of pyridine rings is 1. The third-order valence-electron chi connectivity index (χ3n) is 3.40. The van der Waals surface area contributed by atoms with Crippen LogP contribution in [0.1, 0.15) is 31.9 Å². The minimum Gasteiger partial charge on any atom is -0.314 e. The third kappa shape index (κ3) is 4.44. The molecule has 3 nitrogen and oxygen atoms in total. The lowest BCUT2D eigenvalue weighted by atomic mass is 10.1. The van der Waals surface area contributed by atoms with Crippen LogP contribution in [0.25, 0.3) is 0 Å². The van der Waals surface area contributed by atoms with Crippen molar-refractivity contribution in [1.82, 2.24) is 15.6 Å². The summed E-state index contributed by atoms with van der Waals surface area (Å²) in [5.41, 5.74) is 1.17. The summed E-state index contributed by atoms with van der Waals surface area (Å²) in [5, 5.41) is 7.12. The van der Waals surface area contributed by atoms with E-state index in [2.05, 4.69) is 28.6 Å². The lowest BCUT2D eigenvalue weighted by Gasteiger charge is -2.18. The summed E-state index contributed by atoms with van der Waals surface area (Å²) < 4.78 is 0. The molecule has 0 bridgehead atoms. The maximum atomic E-state index is 4.33. The molecule has 1 aliphatic rings. The van der Waals surface area contributed by atoms with Crippen LogP contribution in [0.5, 0.6) is 0 Å². The van der Waals surface area contributed by atoms with Gasteiger partial charge in [0.05, 0.1) is 0 Å². The number of rotatable bonds is 6. The zero-order valence-corrected chi connectivity index (χ0v) is 10.7. The van der Waals surface area contributed by atoms with E-state index in [9.17, 15) is 0 Å². The first-order valence-corrected chi connectivity index (χ1v) is 6.71. The molecule has 0 radical (unpaired) electrons. The van der Waals surface area contributed by atoms with Gasteiger partial charge in [-0.3, -0.25) is 4.98 Å². The summed E-state index contributed by atoms with van der Waals surface area (Å²) in [6.45, 7) is 4.49. The van der Waals surface area contributed by atoms with Crippen LogP contribution < -0.4 is 10.6 Å². The molecule has 2 unspecified atom stereocenters. The Balaban J connectivity index is 1.61. The molecule has 94 valence electrons. The van der Waals surface area contributed by atoms with E-state index >= 15 is 0 Å². The van der Waals surface area contributed by atoms with Crippen LogP contribution in [0.15, 0.2) is 24.4 Å². The minimum atomic E-state index is 0.592. The predicted octanol–water partition coefficient (Wildman–Crippen LogP) is 1.74. The van der Waals surface area contributed by atoms with E-state index in [-0.39, 0.29) is 0 Å². The highest BCUT2D eigenvalue weighted by Crippen LogP contribution is 2.10. The Hall–Kier alpha value is -0.930. The van der Waals surface area contributed by atoms with Gasteiger partial charge in [0.2, 0.25) is 0 Å². The number of aromatic nitrogens is 1. The molecule has 1 aromatic rings. The minimum absolute atomic E-state index is 0.592. The van der Waals surface area contributed by atoms with Crippen LogP contribution in [0.2, 0.25) is 0 Å². The summed E-state index contributed by atoms with van der Waals surface area (Å²) in [4.78, 5) is 4.33. The van der Waals surface area contributed by atoms with Crippen molar-refractivity contribution < 1.29 is 0 Å². The number of nitrogens with one attached hydrogen (secondary N) is 2. The molecular weight excluding hydrogens is 210 g/mol. The van der Waals surface area contributed by atoms with E-state index in [4.69, 9.17) is 0 Å². The molecule has 2 N–H and O–H groups in total. The van der Waals surface area contributed by atoms with E-state index in [1.54, 1.807) is 0 Å². The fourth-order valence-electron chi connectivity index (χ4n) is 2.46. The Bertz CT molecular complexity index is 307. The van der Waals surface area contributed by atoms with Gasteiger partial charge in [0.25, 0.3) is 0 Å². The van der Waals surface area contributed by atoms with Gasteiger partial charge in [-0.1, -0.05) is 6.07 Å². The second-order valence-electron chi connectivity index (χ2n) is 4.96. The largest absolute Gasteiger partial charge is 0.314 e. The molecule has 0 aliphatic carbocycles. The fourth-order valence-corrected chi connectivity index (χ4v) is 2.46. The molecule has 1 fully saturated rings. The maximum Gasteiger partial charge on any atom is 0.0416 e. The molecule has 17 heavy (non-hydrogen) atoms. The van der Waals surface area contributed by atoms with Crippen molar-refractivity contribution in [1.29, 1.82) is 0 Å². The fraction of sp³-hybridized carbons (Fsp3) is 0.643. The van der Waals surface area contributed by atoms with Crippen molar-refractivity contribution >= 4 is 0 Å². The second kappa shape index (κ2) is 6.72. The number of hydrogen-bond acceptors (Lipinski definition) is 3. The van der Waals surface area contributed by atoms with Gasteiger partial charge in [-0.2, -0.15) is 0 Å². The average molecular weight is 233 g/mol. The molecule has 2 rings (SSSR count). The first-order chi connectivity index (χ1) is 8.34. The van der Waals surface area contributed by atoms with Crippen molar-refractivity contribution in [2.75, 3.05) is 13.1 Å². The zero-order chi connectivity index (χ0) is 11.9. The normalized spacial score (nSPS) is 21.6. The van der Waals surface area contributed by atoms with Crippen molar-refractivity contribution in [2.45, 2.75) is 44.7 Å². The van der Waals surface area contributed by atoms with Gasteiger partial charge >= 0.3 is 0 Å². The van der Waals surface area contributed by atoms with E-state index in [1.807, 2.05) is 18.3 Å². The summed E-state index contributed by atoms with van der Waals surface area (Å²) in [6.07, 6.45) is 6.80. The molecular formula is C14H23N3. The Kier molecular flexibility index (Phi) is 4.95. The molecule has 0 aromatic carbocycles. The summed E-state index contributed by atoms with van der Waals surface area (Å²) >= 11 is 0. The molecule has 0 amide bonds. The summed E-state index contributed by atoms with van der Waals surface area (Å²) in [6, 6.07) is 7.42. The topological polar surface area (TPSA) is 37.0 Å². The quantitative estimate of drug-likeness (QED) is 0.786. The van der Waals surface area contributed by atoms with Crippen molar-refractivity contribution in [3.63, 3.8) is 0 Å². The number of hydrogen-bond donors (Lipinski definition) is 2. The van der Waals surface area contributed by atoms with Gasteiger partial charge in [-0.05, 0) is 44.9 Å². The van der Waals surface area contributed by atoms with Gasteiger partial charge in [-0.25, -0.2) is 0 Å². The van der Waals surface area contributed by atoms with Gasteiger partial charge in [0.15, 0.2) is 0 Å². The lowest BCUT2D eigenvalue weighted by Crippen LogP contribution is -2.34. The first kappa shape index (κ1) is 12.5. The lowest BCUT2D eigenvalue weighted by molar-refractivity contribution is 0.442. The Morgan fingerprint density at radius 2 is 2.47 bits per heavy atom. The first-order valence-electron chi connectivity index (χ1n) is 6.71. The van der Waals surface area contributed by atoms with Crippen LogP contribution in [-0.4, -0.2) is 30.2 Å². The van der Waals surface area contributed by atoms with E-state index in [0.717, 1.165) is 19.0 Å². The highest BCUT2D eigenvalue weighted by Gasteiger charge is 2.16. The third-order valence-corrected chi connectivity index (χ3v) is 3.40. The molecule has 1 saturated heterocycles. The van der Waals surface area contributed by atoms with Gasteiger partial charge in [0.1, 0.15) is 0 Å². The van der Waals surface area contributed by atoms with Crippen molar-refractivity contribution in [3.05, 3.63) is 30.1 Å². The molecule has 0 spiro atoms. The standard InChI is InChI=1S/C14H23N3/c1-12(11-14-6-4-9-17-14)15-10-7-13-5-2-3-8-16-13/h2-3,5,8,12,14-15,17H,4,6-7,9-11H2,1H3. The van der Waals surface area contributed by atoms with Gasteiger partial charge in [-0.15, -0.1) is 0 Å². The molecule has 0 saturated carbocycles. The highest BCUT2D eigenvalue weighted by molar-refractivity contribution is 5.03. The molecule has 3 heteroatoms. The summed E-state index contributed by atoms with van der Waals surface area (Å²) in [5.74, 6) is 0. The smallest absolute Gasteiger partial charge is 0.0416 e. The van der Waals surface area contributed by atoms with E-state index < -0.39 is 0 Å². The molecule has 2 atom stereocenters. The van der Waals surface area contributed by atoms with Gasteiger partial charge in [0, 0.05) is 36.9 Å². The molecule has 2 heterocycles. The summed E-state index contributed by atoms with van der Waals surface area (Å²) in [7, 11) is 0. The van der Waals surface area contributed by atoms with Gasteiger partial charge < -0.3 is 10.6 Å². The van der Waals surface area contributed by atoms with Crippen LogP contribution in [0.3, 0.4) is 0 Å². The van der Waals surface area contributed by atoms with Crippen LogP contribution in [-0.2, 0) is 6.42 Å². The molecule has 1 aliphatic heterocycles. The van der Waals surface area contributed by atoms with Crippen LogP contribution in [0.4, 0.5) is 0 Å². The Morgan fingerprint density at radius 3 is 3.18 bits per heavy atom. The number of nitrogens with zero attached hydrogens (tertiary/aromatic N) is 1. The maximum absolute atomic E-state index is 4.33. The average Bonchev–Trinajstić information content (AvgIpc) is 2.83. The predicted molar refractivity (Wildman–Crippen MR) is 71.0 cm³/mol. The Morgan fingerprint density at radius 1 is 1.53 bits per heavy atom. The van der Waals surface area contributed by atoms with E-state index in [1.165, 1.54) is 31.5 Å². The van der Waals surface area contributed by atoms with Crippen LogP contribution >= 0.6 is 0 Å². The van der Waals surface area contributed by atoms with Crippen LogP contribution in [0, 0.1) is 0 Å². The highest BCUT2D eigenvalue weighted by atomic mass is 15.0. The monoisotopic (exact) mass is 233 g/mol. The second-order valence-corrected chi connectivity index (χ2v) is 4.96. The Labute approximate surface area is 104 Å². The SMILES string of the molecule is CC(CC1CCCN1)NCCc1ccccn1. The molecule has 1 aromatic heterocycles. The van der Waals surface area contributed by atoms with Crippen molar-refractivity contribution in [3.8, 4) is 0 Å². The van der Waals surface area contributed by atoms with Crippen molar-refractivity contribution in [2.24, 2.45) is 0 Å². The van der Waals surface area contributed by atoms with E-state index in [0.29, 0.717) is 6.04 Å².